The zero-order chi connectivity index (χ0) is 26.3. The molecule has 1 saturated heterocycles. The van der Waals surface area contributed by atoms with Gasteiger partial charge in [0.2, 0.25) is 0 Å². The fourth-order valence-corrected chi connectivity index (χ4v) is 4.88. The van der Waals surface area contributed by atoms with E-state index in [1.165, 1.54) is 0 Å². The molecule has 11 heteroatoms. The van der Waals surface area contributed by atoms with Gasteiger partial charge in [-0.1, -0.05) is 17.4 Å². The molecule has 1 atom stereocenters. The molecule has 0 saturated carbocycles. The minimum absolute atomic E-state index is 0.0590. The SMILES string of the molecule is CC(C)OC1C=CC(NC(=O)N2CCC(c3ncnc4cc(OCCCc5nn[nH]n5)ccc34)CC2)=CC1. The van der Waals surface area contributed by atoms with Crippen LogP contribution in [0.2, 0.25) is 0 Å². The van der Waals surface area contributed by atoms with Crippen molar-refractivity contribution < 1.29 is 14.3 Å². The van der Waals surface area contributed by atoms with Crippen molar-refractivity contribution in [3.8, 4) is 5.75 Å². The van der Waals surface area contributed by atoms with Gasteiger partial charge in [0, 0.05) is 42.6 Å². The Morgan fingerprint density at radius 2 is 2.11 bits per heavy atom. The van der Waals surface area contributed by atoms with Crippen molar-refractivity contribution in [3.05, 3.63) is 60.0 Å². The third-order valence-electron chi connectivity index (χ3n) is 6.77. The summed E-state index contributed by atoms with van der Waals surface area (Å²) in [5.74, 6) is 1.73. The Labute approximate surface area is 221 Å². The summed E-state index contributed by atoms with van der Waals surface area (Å²) in [5, 5.41) is 18.0. The number of carbonyl (C=O) groups excluding carboxylic acids is 1. The number of tetrazole rings is 1. The summed E-state index contributed by atoms with van der Waals surface area (Å²) in [5.41, 5.74) is 2.73. The summed E-state index contributed by atoms with van der Waals surface area (Å²) < 4.78 is 11.7. The lowest BCUT2D eigenvalue weighted by Crippen LogP contribution is -2.44. The first kappa shape index (κ1) is 25.8. The third-order valence-corrected chi connectivity index (χ3v) is 6.77. The van der Waals surface area contributed by atoms with Crippen LogP contribution >= 0.6 is 0 Å². The second kappa shape index (κ2) is 12.1. The molecule has 200 valence electrons. The van der Waals surface area contributed by atoms with Crippen molar-refractivity contribution in [2.45, 2.75) is 64.1 Å². The van der Waals surface area contributed by atoms with Crippen LogP contribution < -0.4 is 10.1 Å². The largest absolute Gasteiger partial charge is 0.494 e. The Balaban J connectivity index is 1.12. The smallest absolute Gasteiger partial charge is 0.321 e. The number of carbonyl (C=O) groups is 1. The molecule has 3 heterocycles. The molecular weight excluding hydrogens is 484 g/mol. The van der Waals surface area contributed by atoms with Gasteiger partial charge in [-0.3, -0.25) is 0 Å². The zero-order valence-electron chi connectivity index (χ0n) is 21.8. The van der Waals surface area contributed by atoms with Gasteiger partial charge < -0.3 is 19.7 Å². The van der Waals surface area contributed by atoms with E-state index in [9.17, 15) is 4.79 Å². The monoisotopic (exact) mass is 518 g/mol. The maximum absolute atomic E-state index is 12.9. The predicted molar refractivity (Wildman–Crippen MR) is 141 cm³/mol. The Morgan fingerprint density at radius 3 is 2.84 bits per heavy atom. The van der Waals surface area contributed by atoms with E-state index in [4.69, 9.17) is 9.47 Å². The molecule has 2 N–H and O–H groups in total. The van der Waals surface area contributed by atoms with E-state index in [1.807, 2.05) is 55.2 Å². The number of aromatic amines is 1. The number of amides is 2. The van der Waals surface area contributed by atoms with Gasteiger partial charge in [0.1, 0.15) is 12.1 Å². The van der Waals surface area contributed by atoms with E-state index in [1.54, 1.807) is 6.33 Å². The second-order valence-corrected chi connectivity index (χ2v) is 9.89. The number of H-pyrrole nitrogens is 1. The molecule has 2 aromatic heterocycles. The maximum atomic E-state index is 12.9. The number of rotatable bonds is 9. The number of nitrogens with one attached hydrogen (secondary N) is 2. The molecule has 1 aliphatic heterocycles. The molecule has 0 spiro atoms. The summed E-state index contributed by atoms with van der Waals surface area (Å²) in [6, 6.07) is 5.90. The Kier molecular flexibility index (Phi) is 8.22. The molecule has 3 aromatic rings. The molecule has 1 fully saturated rings. The van der Waals surface area contributed by atoms with E-state index < -0.39 is 0 Å². The van der Waals surface area contributed by atoms with Crippen LogP contribution in [0, 0.1) is 0 Å². The van der Waals surface area contributed by atoms with Crippen LogP contribution in [0.3, 0.4) is 0 Å². The first-order chi connectivity index (χ1) is 18.5. The van der Waals surface area contributed by atoms with Gasteiger partial charge in [-0.05, 0) is 57.7 Å². The van der Waals surface area contributed by atoms with Crippen LogP contribution in [0.1, 0.15) is 57.0 Å². The van der Waals surface area contributed by atoms with Crippen molar-refractivity contribution in [1.29, 1.82) is 0 Å². The molecule has 11 nitrogen and oxygen atoms in total. The van der Waals surface area contributed by atoms with Crippen LogP contribution in [0.25, 0.3) is 10.9 Å². The molecule has 0 radical (unpaired) electrons. The van der Waals surface area contributed by atoms with Gasteiger partial charge in [0.25, 0.3) is 0 Å². The van der Waals surface area contributed by atoms with E-state index in [2.05, 4.69) is 35.9 Å². The number of piperidine rings is 1. The predicted octanol–water partition coefficient (Wildman–Crippen LogP) is 3.68. The van der Waals surface area contributed by atoms with Crippen molar-refractivity contribution in [1.82, 2.24) is 40.8 Å². The molecular formula is C27H34N8O3. The Morgan fingerprint density at radius 1 is 1.24 bits per heavy atom. The van der Waals surface area contributed by atoms with Crippen molar-refractivity contribution >= 4 is 16.9 Å². The number of aromatic nitrogens is 6. The standard InChI is InChI=1S/C27H34N8O3/c1-18(2)38-21-7-5-20(6-8-21)30-27(36)35-13-11-19(12-14-35)26-23-10-9-22(16-24(23)28-17-29-26)37-15-3-4-25-31-33-34-32-25/h5-7,9-10,16-19,21H,3-4,8,11-15H2,1-2H3,(H,30,36)(H,31,32,33,34). The third kappa shape index (κ3) is 6.52. The zero-order valence-corrected chi connectivity index (χ0v) is 21.8. The lowest BCUT2D eigenvalue weighted by molar-refractivity contribution is 0.0365. The molecule has 2 aliphatic rings. The lowest BCUT2D eigenvalue weighted by Gasteiger charge is -2.32. The van der Waals surface area contributed by atoms with E-state index in [-0.39, 0.29) is 24.2 Å². The van der Waals surface area contributed by atoms with Crippen LogP contribution in [-0.4, -0.2) is 73.4 Å². The highest BCUT2D eigenvalue weighted by Gasteiger charge is 2.26. The summed E-state index contributed by atoms with van der Waals surface area (Å²) in [6.07, 6.45) is 11.8. The number of likely N-dealkylation sites (tertiary alicyclic amines) is 1. The van der Waals surface area contributed by atoms with Crippen LogP contribution in [0.5, 0.6) is 5.75 Å². The number of allylic oxidation sites excluding steroid dienone is 1. The molecule has 5 rings (SSSR count). The molecule has 38 heavy (non-hydrogen) atoms. The number of benzene rings is 1. The average Bonchev–Trinajstić information content (AvgIpc) is 3.45. The first-order valence-corrected chi connectivity index (χ1v) is 13.2. The molecule has 1 aromatic carbocycles. The van der Waals surface area contributed by atoms with Crippen molar-refractivity contribution in [3.63, 3.8) is 0 Å². The topological polar surface area (TPSA) is 131 Å². The van der Waals surface area contributed by atoms with Crippen LogP contribution in [0.4, 0.5) is 4.79 Å². The quantitative estimate of drug-likeness (QED) is 0.410. The second-order valence-electron chi connectivity index (χ2n) is 9.89. The Bertz CT molecular complexity index is 1280. The normalized spacial score (nSPS) is 18.1. The summed E-state index contributed by atoms with van der Waals surface area (Å²) >= 11 is 0. The minimum Gasteiger partial charge on any atom is -0.494 e. The molecule has 2 amide bonds. The fraction of sp³-hybridized carbons (Fsp3) is 0.481. The van der Waals surface area contributed by atoms with E-state index in [0.29, 0.717) is 31.9 Å². The number of ether oxygens (including phenoxy) is 2. The molecule has 1 unspecified atom stereocenters. The molecule has 0 bridgehead atoms. The van der Waals surface area contributed by atoms with Gasteiger partial charge >= 0.3 is 6.03 Å². The number of hydrogen-bond acceptors (Lipinski definition) is 8. The maximum Gasteiger partial charge on any atom is 0.321 e. The highest BCUT2D eigenvalue weighted by Crippen LogP contribution is 2.32. The summed E-state index contributed by atoms with van der Waals surface area (Å²) in [7, 11) is 0. The average molecular weight is 519 g/mol. The summed E-state index contributed by atoms with van der Waals surface area (Å²) in [4.78, 5) is 23.8. The van der Waals surface area contributed by atoms with Gasteiger partial charge in [0.15, 0.2) is 5.82 Å². The van der Waals surface area contributed by atoms with E-state index >= 15 is 0 Å². The minimum atomic E-state index is -0.0590. The first-order valence-electron chi connectivity index (χ1n) is 13.2. The highest BCUT2D eigenvalue weighted by molar-refractivity contribution is 5.82. The number of fused-ring (bicyclic) bond motifs is 1. The Hall–Kier alpha value is -3.86. The van der Waals surface area contributed by atoms with E-state index in [0.717, 1.165) is 53.7 Å². The van der Waals surface area contributed by atoms with Gasteiger partial charge in [0.05, 0.1) is 30.0 Å². The van der Waals surface area contributed by atoms with Crippen molar-refractivity contribution in [2.75, 3.05) is 19.7 Å². The fourth-order valence-electron chi connectivity index (χ4n) is 4.88. The molecule has 1 aliphatic carbocycles. The van der Waals surface area contributed by atoms with Crippen molar-refractivity contribution in [2.24, 2.45) is 0 Å². The lowest BCUT2D eigenvalue weighted by atomic mass is 9.91. The number of nitrogens with zero attached hydrogens (tertiary/aromatic N) is 6. The van der Waals surface area contributed by atoms with Gasteiger partial charge in [-0.25, -0.2) is 14.8 Å². The number of hydrogen-bond donors (Lipinski definition) is 2. The number of urea groups is 1. The van der Waals surface area contributed by atoms with Gasteiger partial charge in [-0.15, -0.1) is 10.2 Å². The van der Waals surface area contributed by atoms with Crippen LogP contribution in [-0.2, 0) is 11.2 Å². The van der Waals surface area contributed by atoms with Crippen LogP contribution in [0.15, 0.2) is 48.5 Å². The van der Waals surface area contributed by atoms with Gasteiger partial charge in [-0.2, -0.15) is 5.21 Å². The summed E-state index contributed by atoms with van der Waals surface area (Å²) in [6.45, 7) is 5.96. The highest BCUT2D eigenvalue weighted by atomic mass is 16.5. The number of aryl methyl sites for hydroxylation is 1.